The second kappa shape index (κ2) is 5.32. The van der Waals surface area contributed by atoms with Crippen molar-refractivity contribution in [1.29, 1.82) is 0 Å². The van der Waals surface area contributed by atoms with Crippen molar-refractivity contribution >= 4 is 28.3 Å². The number of benzene rings is 1. The monoisotopic (exact) mass is 228 g/mol. The third-order valence-electron chi connectivity index (χ3n) is 1.79. The number of hydrogen-bond donors (Lipinski definition) is 0. The summed E-state index contributed by atoms with van der Waals surface area (Å²) >= 11 is 1.33. The smallest absolute Gasteiger partial charge is 0.188 e. The SMILES string of the molecule is CSC(C(=O)c1ccccc1)S(C)=O. The zero-order valence-corrected chi connectivity index (χ0v) is 9.73. The summed E-state index contributed by atoms with van der Waals surface area (Å²) in [5.74, 6) is -0.0565. The van der Waals surface area contributed by atoms with Gasteiger partial charge in [0.05, 0.1) is 0 Å². The van der Waals surface area contributed by atoms with Gasteiger partial charge in [0, 0.05) is 22.6 Å². The number of rotatable bonds is 4. The molecule has 0 aromatic heterocycles. The normalized spacial score (nSPS) is 14.7. The highest BCUT2D eigenvalue weighted by atomic mass is 32.2. The Hall–Kier alpha value is -0.610. The van der Waals surface area contributed by atoms with Crippen LogP contribution < -0.4 is 0 Å². The van der Waals surface area contributed by atoms with E-state index in [2.05, 4.69) is 0 Å². The molecule has 14 heavy (non-hydrogen) atoms. The molecule has 1 rings (SSSR count). The minimum atomic E-state index is -1.12. The molecule has 0 bridgehead atoms. The van der Waals surface area contributed by atoms with Crippen LogP contribution in [0.4, 0.5) is 0 Å². The molecule has 4 heteroatoms. The molecule has 0 aliphatic carbocycles. The van der Waals surface area contributed by atoms with Crippen LogP contribution >= 0.6 is 11.8 Å². The van der Waals surface area contributed by atoms with Crippen LogP contribution in [0.25, 0.3) is 0 Å². The van der Waals surface area contributed by atoms with Crippen molar-refractivity contribution in [3.8, 4) is 0 Å². The first-order chi connectivity index (χ1) is 6.66. The van der Waals surface area contributed by atoms with Gasteiger partial charge in [-0.2, -0.15) is 0 Å². The van der Waals surface area contributed by atoms with E-state index in [1.165, 1.54) is 11.8 Å². The average molecular weight is 228 g/mol. The molecule has 2 atom stereocenters. The zero-order valence-electron chi connectivity index (χ0n) is 8.10. The highest BCUT2D eigenvalue weighted by molar-refractivity contribution is 8.11. The molecule has 0 fully saturated rings. The Morgan fingerprint density at radius 3 is 2.36 bits per heavy atom. The fourth-order valence-corrected chi connectivity index (χ4v) is 3.00. The third kappa shape index (κ3) is 2.69. The molecule has 0 aliphatic rings. The Morgan fingerprint density at radius 1 is 1.36 bits per heavy atom. The second-order valence-electron chi connectivity index (χ2n) is 2.80. The minimum absolute atomic E-state index is 0.0565. The van der Waals surface area contributed by atoms with Crippen LogP contribution in [0.1, 0.15) is 10.4 Å². The van der Waals surface area contributed by atoms with Gasteiger partial charge in [-0.05, 0) is 6.26 Å². The van der Waals surface area contributed by atoms with Crippen LogP contribution in [0.2, 0.25) is 0 Å². The first kappa shape index (κ1) is 11.5. The second-order valence-corrected chi connectivity index (χ2v) is 5.51. The predicted octanol–water partition coefficient (Wildman–Crippen LogP) is 1.94. The molecule has 1 aromatic carbocycles. The van der Waals surface area contributed by atoms with Crippen LogP contribution in [0, 0.1) is 0 Å². The minimum Gasteiger partial charge on any atom is -0.292 e. The summed E-state index contributed by atoms with van der Waals surface area (Å²) in [4.78, 5) is 11.8. The summed E-state index contributed by atoms with van der Waals surface area (Å²) in [7, 11) is -1.12. The molecule has 0 amide bonds. The van der Waals surface area contributed by atoms with E-state index in [4.69, 9.17) is 0 Å². The Balaban J connectivity index is 2.89. The van der Waals surface area contributed by atoms with E-state index in [0.29, 0.717) is 5.56 Å². The number of carbonyl (C=O) groups is 1. The quantitative estimate of drug-likeness (QED) is 0.739. The molecule has 0 aliphatic heterocycles. The van der Waals surface area contributed by atoms with E-state index in [9.17, 15) is 9.00 Å². The van der Waals surface area contributed by atoms with E-state index in [1.807, 2.05) is 18.2 Å². The van der Waals surface area contributed by atoms with Crippen LogP contribution in [0.15, 0.2) is 30.3 Å². The average Bonchev–Trinajstić information content (AvgIpc) is 2.19. The van der Waals surface area contributed by atoms with Crippen molar-refractivity contribution in [3.05, 3.63) is 35.9 Å². The van der Waals surface area contributed by atoms with E-state index in [-0.39, 0.29) is 5.78 Å². The lowest BCUT2D eigenvalue weighted by atomic mass is 10.1. The fraction of sp³-hybridized carbons (Fsp3) is 0.300. The molecule has 0 saturated carbocycles. The molecule has 0 heterocycles. The summed E-state index contributed by atoms with van der Waals surface area (Å²) < 4.78 is 10.8. The molecule has 2 nitrogen and oxygen atoms in total. The van der Waals surface area contributed by atoms with E-state index in [0.717, 1.165) is 0 Å². The summed E-state index contributed by atoms with van der Waals surface area (Å²) in [5.41, 5.74) is 0.627. The van der Waals surface area contributed by atoms with Gasteiger partial charge in [-0.15, -0.1) is 11.8 Å². The largest absolute Gasteiger partial charge is 0.292 e. The highest BCUT2D eigenvalue weighted by Gasteiger charge is 2.21. The first-order valence-corrected chi connectivity index (χ1v) is 7.02. The van der Waals surface area contributed by atoms with Crippen molar-refractivity contribution in [3.63, 3.8) is 0 Å². The summed E-state index contributed by atoms with van der Waals surface area (Å²) in [6.45, 7) is 0. The van der Waals surface area contributed by atoms with Gasteiger partial charge in [0.1, 0.15) is 4.58 Å². The lowest BCUT2D eigenvalue weighted by Gasteiger charge is -2.09. The maximum atomic E-state index is 11.8. The third-order valence-corrected chi connectivity index (χ3v) is 4.64. The van der Waals surface area contributed by atoms with Crippen LogP contribution in [0.3, 0.4) is 0 Å². The van der Waals surface area contributed by atoms with Gasteiger partial charge in [0.15, 0.2) is 5.78 Å². The lowest BCUT2D eigenvalue weighted by molar-refractivity contribution is 0.101. The molecule has 1 aromatic rings. The Kier molecular flexibility index (Phi) is 4.35. The Bertz CT molecular complexity index is 335. The molecule has 0 radical (unpaired) electrons. The van der Waals surface area contributed by atoms with Gasteiger partial charge in [-0.3, -0.25) is 9.00 Å². The number of carbonyl (C=O) groups excluding carboxylic acids is 1. The van der Waals surface area contributed by atoms with Crippen LogP contribution in [-0.4, -0.2) is 27.1 Å². The molecular weight excluding hydrogens is 216 g/mol. The standard InChI is InChI=1S/C10H12O2S2/c1-13-10(14(2)12)9(11)8-6-4-3-5-7-8/h3-7,10H,1-2H3. The van der Waals surface area contributed by atoms with Gasteiger partial charge in [0.2, 0.25) is 0 Å². The molecule has 76 valence electrons. The van der Waals surface area contributed by atoms with Gasteiger partial charge in [-0.25, -0.2) is 0 Å². The zero-order chi connectivity index (χ0) is 10.6. The summed E-state index contributed by atoms with van der Waals surface area (Å²) in [6, 6.07) is 8.97. The lowest BCUT2D eigenvalue weighted by Crippen LogP contribution is -2.21. The van der Waals surface area contributed by atoms with Crippen molar-refractivity contribution in [2.45, 2.75) is 4.58 Å². The fourth-order valence-electron chi connectivity index (χ4n) is 1.13. The van der Waals surface area contributed by atoms with Crippen molar-refractivity contribution in [2.75, 3.05) is 12.5 Å². The molecule has 2 unspecified atom stereocenters. The number of Topliss-reactive ketones (excluding diaryl/α,β-unsaturated/α-hetero) is 1. The number of thioether (sulfide) groups is 1. The molecular formula is C10H12O2S2. The highest BCUT2D eigenvalue weighted by Crippen LogP contribution is 2.16. The molecule has 0 N–H and O–H groups in total. The van der Waals surface area contributed by atoms with Crippen LogP contribution in [-0.2, 0) is 10.8 Å². The van der Waals surface area contributed by atoms with Gasteiger partial charge in [0.25, 0.3) is 0 Å². The molecule has 0 spiro atoms. The Morgan fingerprint density at radius 2 is 1.93 bits per heavy atom. The number of ketones is 1. The maximum absolute atomic E-state index is 11.8. The first-order valence-electron chi connectivity index (χ1n) is 4.11. The van der Waals surface area contributed by atoms with E-state index >= 15 is 0 Å². The van der Waals surface area contributed by atoms with Crippen LogP contribution in [0.5, 0.6) is 0 Å². The summed E-state index contributed by atoms with van der Waals surface area (Å²) in [6.07, 6.45) is 3.36. The van der Waals surface area contributed by atoms with E-state index in [1.54, 1.807) is 24.6 Å². The van der Waals surface area contributed by atoms with Crippen molar-refractivity contribution < 1.29 is 9.00 Å². The van der Waals surface area contributed by atoms with Gasteiger partial charge in [-0.1, -0.05) is 30.3 Å². The Labute approximate surface area is 90.6 Å². The maximum Gasteiger partial charge on any atom is 0.188 e. The predicted molar refractivity (Wildman–Crippen MR) is 62.1 cm³/mol. The topological polar surface area (TPSA) is 34.1 Å². The van der Waals surface area contributed by atoms with Gasteiger partial charge < -0.3 is 0 Å². The van der Waals surface area contributed by atoms with E-state index < -0.39 is 15.4 Å². The van der Waals surface area contributed by atoms with Crippen molar-refractivity contribution in [1.82, 2.24) is 0 Å². The molecule has 0 saturated heterocycles. The van der Waals surface area contributed by atoms with Crippen molar-refractivity contribution in [2.24, 2.45) is 0 Å². The summed E-state index contributed by atoms with van der Waals surface area (Å²) in [5, 5.41) is 0. The van der Waals surface area contributed by atoms with Gasteiger partial charge >= 0.3 is 0 Å². The number of hydrogen-bond acceptors (Lipinski definition) is 3.